The van der Waals surface area contributed by atoms with Crippen molar-refractivity contribution in [3.8, 4) is 5.75 Å². The number of rotatable bonds is 5. The van der Waals surface area contributed by atoms with Crippen LogP contribution in [0, 0.1) is 0 Å². The molecule has 0 fully saturated rings. The van der Waals surface area contributed by atoms with Gasteiger partial charge in [-0.1, -0.05) is 80.2 Å². The Morgan fingerprint density at radius 3 is 2.38 bits per heavy atom. The zero-order chi connectivity index (χ0) is 18.5. The summed E-state index contributed by atoms with van der Waals surface area (Å²) in [7, 11) is 0. The smallest absolute Gasteiger partial charge is 0.354 e. The lowest BCUT2D eigenvalue weighted by atomic mass is 10.0. The Balaban J connectivity index is 1.89. The fourth-order valence-electron chi connectivity index (χ4n) is 2.57. The molecule has 2 aromatic carbocycles. The van der Waals surface area contributed by atoms with Gasteiger partial charge in [0.2, 0.25) is 0 Å². The normalized spacial score (nSPS) is 11.3. The molecule has 0 spiro atoms. The number of aromatic hydroxyl groups is 1. The quantitative estimate of drug-likeness (QED) is 0.622. The van der Waals surface area contributed by atoms with E-state index in [-0.39, 0.29) is 10.6 Å². The molecule has 26 heavy (non-hydrogen) atoms. The molecule has 0 aliphatic heterocycles. The fraction of sp³-hybridized carbons (Fsp3) is 0.136. The molecule has 0 radical (unpaired) electrons. The minimum atomic E-state index is -0.540. The lowest BCUT2D eigenvalue weighted by molar-refractivity contribution is 0.421. The van der Waals surface area contributed by atoms with Gasteiger partial charge in [0.1, 0.15) is 16.4 Å². The third kappa shape index (κ3) is 4.27. The summed E-state index contributed by atoms with van der Waals surface area (Å²) < 4.78 is 5.36. The second-order valence-corrected chi connectivity index (χ2v) is 7.24. The van der Waals surface area contributed by atoms with Crippen LogP contribution < -0.4 is 5.63 Å². The van der Waals surface area contributed by atoms with Crippen LogP contribution in [0.15, 0.2) is 79.7 Å². The highest BCUT2D eigenvalue weighted by molar-refractivity contribution is 7.99. The van der Waals surface area contributed by atoms with Gasteiger partial charge < -0.3 is 9.52 Å². The van der Waals surface area contributed by atoms with Gasteiger partial charge in [-0.05, 0) is 29.2 Å². The van der Waals surface area contributed by atoms with Crippen LogP contribution in [0.5, 0.6) is 5.75 Å². The molecule has 0 unspecified atom stereocenters. The molecule has 3 rings (SSSR count). The van der Waals surface area contributed by atoms with E-state index in [2.05, 4.69) is 13.8 Å². The molecular weight excluding hydrogens is 344 g/mol. The maximum Gasteiger partial charge on any atom is 0.354 e. The Labute approximate surface area is 157 Å². The lowest BCUT2D eigenvalue weighted by Gasteiger charge is -2.12. The minimum absolute atomic E-state index is 0.0717. The van der Waals surface area contributed by atoms with Gasteiger partial charge in [0, 0.05) is 11.0 Å². The van der Waals surface area contributed by atoms with Crippen LogP contribution >= 0.6 is 11.8 Å². The first-order chi connectivity index (χ1) is 12.5. The van der Waals surface area contributed by atoms with Gasteiger partial charge in [-0.15, -0.1) is 0 Å². The van der Waals surface area contributed by atoms with Gasteiger partial charge in [0.25, 0.3) is 0 Å². The predicted octanol–water partition coefficient (Wildman–Crippen LogP) is 5.79. The van der Waals surface area contributed by atoms with Crippen LogP contribution in [0.1, 0.15) is 36.7 Å². The summed E-state index contributed by atoms with van der Waals surface area (Å²) >= 11 is 1.24. The largest absolute Gasteiger partial charge is 0.506 e. The van der Waals surface area contributed by atoms with E-state index in [4.69, 9.17) is 4.42 Å². The maximum atomic E-state index is 12.4. The van der Waals surface area contributed by atoms with E-state index in [1.807, 2.05) is 60.7 Å². The first-order valence-electron chi connectivity index (χ1n) is 8.41. The molecule has 132 valence electrons. The molecule has 3 nitrogen and oxygen atoms in total. The zero-order valence-corrected chi connectivity index (χ0v) is 15.5. The number of hydrogen-bond donors (Lipinski definition) is 1. The summed E-state index contributed by atoms with van der Waals surface area (Å²) in [5.74, 6) is 0.566. The Morgan fingerprint density at radius 1 is 1.00 bits per heavy atom. The summed E-state index contributed by atoms with van der Waals surface area (Å²) in [6, 6.07) is 19.0. The Bertz CT molecular complexity index is 972. The molecule has 0 saturated carbocycles. The van der Waals surface area contributed by atoms with Crippen LogP contribution in [-0.4, -0.2) is 5.11 Å². The van der Waals surface area contributed by atoms with Crippen molar-refractivity contribution < 1.29 is 9.52 Å². The molecule has 1 N–H and O–H groups in total. The fourth-order valence-corrected chi connectivity index (χ4v) is 3.64. The molecule has 1 heterocycles. The molecule has 0 amide bonds. The van der Waals surface area contributed by atoms with Crippen molar-refractivity contribution in [1.29, 1.82) is 0 Å². The van der Waals surface area contributed by atoms with Crippen molar-refractivity contribution in [2.75, 3.05) is 0 Å². The van der Waals surface area contributed by atoms with E-state index in [0.29, 0.717) is 11.7 Å². The highest BCUT2D eigenvalue weighted by atomic mass is 32.2. The van der Waals surface area contributed by atoms with Gasteiger partial charge in [0.05, 0.1) is 0 Å². The van der Waals surface area contributed by atoms with Crippen LogP contribution in [0.4, 0.5) is 0 Å². The lowest BCUT2D eigenvalue weighted by Crippen LogP contribution is -2.03. The first kappa shape index (κ1) is 18.1. The van der Waals surface area contributed by atoms with E-state index >= 15 is 0 Å². The van der Waals surface area contributed by atoms with Gasteiger partial charge >= 0.3 is 5.63 Å². The molecule has 0 aliphatic carbocycles. The topological polar surface area (TPSA) is 50.4 Å². The summed E-state index contributed by atoms with van der Waals surface area (Å²) in [6.07, 6.45) is 3.51. The predicted molar refractivity (Wildman–Crippen MR) is 107 cm³/mol. The number of hydrogen-bond acceptors (Lipinski definition) is 4. The number of benzene rings is 2. The van der Waals surface area contributed by atoms with Crippen molar-refractivity contribution >= 4 is 23.9 Å². The summed E-state index contributed by atoms with van der Waals surface area (Å²) in [5, 5.41) is 10.3. The zero-order valence-electron chi connectivity index (χ0n) is 14.7. The highest BCUT2D eigenvalue weighted by Gasteiger charge is 2.15. The van der Waals surface area contributed by atoms with Gasteiger partial charge in [0.15, 0.2) is 0 Å². The second-order valence-electron chi connectivity index (χ2n) is 6.19. The van der Waals surface area contributed by atoms with E-state index < -0.39 is 5.63 Å². The van der Waals surface area contributed by atoms with Crippen molar-refractivity contribution in [2.24, 2.45) is 0 Å². The van der Waals surface area contributed by atoms with Crippen LogP contribution in [-0.2, 0) is 0 Å². The van der Waals surface area contributed by atoms with Gasteiger partial charge in [-0.2, -0.15) is 0 Å². The van der Waals surface area contributed by atoms with Crippen LogP contribution in [0.25, 0.3) is 12.2 Å². The third-order valence-corrected chi connectivity index (χ3v) is 5.07. The third-order valence-electron chi connectivity index (χ3n) is 3.90. The maximum absolute atomic E-state index is 12.4. The van der Waals surface area contributed by atoms with Crippen LogP contribution in [0.3, 0.4) is 0 Å². The molecule has 0 aliphatic rings. The molecule has 1 aromatic heterocycles. The van der Waals surface area contributed by atoms with Crippen LogP contribution in [0.2, 0.25) is 0 Å². The molecule has 0 atom stereocenters. The molecule has 4 heteroatoms. The van der Waals surface area contributed by atoms with Gasteiger partial charge in [-0.3, -0.25) is 0 Å². The average Bonchev–Trinajstić information content (AvgIpc) is 2.64. The second kappa shape index (κ2) is 8.11. The monoisotopic (exact) mass is 364 g/mol. The summed E-state index contributed by atoms with van der Waals surface area (Å²) in [5.41, 5.74) is 1.57. The molecule has 3 aromatic rings. The summed E-state index contributed by atoms with van der Waals surface area (Å²) in [4.78, 5) is 13.5. The average molecular weight is 364 g/mol. The van der Waals surface area contributed by atoms with Crippen molar-refractivity contribution in [3.63, 3.8) is 0 Å². The van der Waals surface area contributed by atoms with E-state index in [1.165, 1.54) is 17.8 Å². The van der Waals surface area contributed by atoms with Crippen molar-refractivity contribution in [1.82, 2.24) is 0 Å². The van der Waals surface area contributed by atoms with E-state index in [1.54, 1.807) is 6.08 Å². The van der Waals surface area contributed by atoms with E-state index in [9.17, 15) is 9.90 Å². The summed E-state index contributed by atoms with van der Waals surface area (Å²) in [6.45, 7) is 4.19. The first-order valence-corrected chi connectivity index (χ1v) is 9.23. The Kier molecular flexibility index (Phi) is 5.64. The molecular formula is C22H20O3S. The van der Waals surface area contributed by atoms with Crippen molar-refractivity contribution in [3.05, 3.63) is 88.0 Å². The highest BCUT2D eigenvalue weighted by Crippen LogP contribution is 2.36. The Morgan fingerprint density at radius 2 is 1.69 bits per heavy atom. The standard InChI is InChI=1S/C22H20O3S/c1-15(2)18-10-6-7-11-20(18)26-21-19(23)14-17(25-22(21)24)13-12-16-8-4-3-5-9-16/h3-15,23H,1-2H3. The van der Waals surface area contributed by atoms with Crippen molar-refractivity contribution in [2.45, 2.75) is 29.6 Å². The minimum Gasteiger partial charge on any atom is -0.506 e. The van der Waals surface area contributed by atoms with E-state index in [0.717, 1.165) is 16.0 Å². The molecule has 0 bridgehead atoms. The van der Waals surface area contributed by atoms with Gasteiger partial charge in [-0.25, -0.2) is 4.79 Å². The molecule has 0 saturated heterocycles. The Hall–Kier alpha value is -2.72. The SMILES string of the molecule is CC(C)c1ccccc1Sc1c(O)cc(C=Cc2ccccc2)oc1=O.